The van der Waals surface area contributed by atoms with Crippen LogP contribution in [-0.4, -0.2) is 6.26 Å². The highest BCUT2D eigenvalue weighted by Crippen LogP contribution is 2.30. The molecule has 1 aromatic carbocycles. The van der Waals surface area contributed by atoms with Gasteiger partial charge in [0.25, 0.3) is 0 Å². The molecule has 0 saturated carbocycles. The second-order valence-electron chi connectivity index (χ2n) is 3.39. The first-order chi connectivity index (χ1) is 7.70. The van der Waals surface area contributed by atoms with Crippen LogP contribution in [0.15, 0.2) is 41.3 Å². The Balaban J connectivity index is 2.23. The van der Waals surface area contributed by atoms with Crippen LogP contribution in [0.4, 0.5) is 0 Å². The summed E-state index contributed by atoms with van der Waals surface area (Å²) in [5.74, 6) is 0. The summed E-state index contributed by atoms with van der Waals surface area (Å²) in [4.78, 5) is 2.35. The van der Waals surface area contributed by atoms with E-state index >= 15 is 0 Å². The Bertz CT molecular complexity index is 464. The Morgan fingerprint density at radius 2 is 1.88 bits per heavy atom. The predicted octanol–water partition coefficient (Wildman–Crippen LogP) is 4.17. The molecular weight excluding hydrogens is 258 g/mol. The fourth-order valence-electron chi connectivity index (χ4n) is 1.47. The van der Waals surface area contributed by atoms with Gasteiger partial charge in [0.2, 0.25) is 0 Å². The highest BCUT2D eigenvalue weighted by atomic mass is 35.5. The van der Waals surface area contributed by atoms with Crippen LogP contribution >= 0.6 is 34.7 Å². The van der Waals surface area contributed by atoms with Gasteiger partial charge in [-0.05, 0) is 36.1 Å². The topological polar surface area (TPSA) is 26.0 Å². The molecule has 84 valence electrons. The highest BCUT2D eigenvalue weighted by molar-refractivity contribution is 7.98. The number of rotatable bonds is 3. The number of thioether (sulfide) groups is 1. The normalized spacial score (nSPS) is 12.7. The number of hydrogen-bond donors (Lipinski definition) is 1. The number of halogens is 1. The van der Waals surface area contributed by atoms with Crippen molar-refractivity contribution in [3.05, 3.63) is 51.2 Å². The Morgan fingerprint density at radius 1 is 1.19 bits per heavy atom. The molecule has 1 heterocycles. The van der Waals surface area contributed by atoms with Gasteiger partial charge in [0, 0.05) is 9.77 Å². The summed E-state index contributed by atoms with van der Waals surface area (Å²) in [5, 5.41) is 0. The lowest BCUT2D eigenvalue weighted by molar-refractivity contribution is 0.891. The average molecular weight is 270 g/mol. The molecule has 0 radical (unpaired) electrons. The Labute approximate surface area is 109 Å². The van der Waals surface area contributed by atoms with Crippen molar-refractivity contribution in [1.82, 2.24) is 0 Å². The first-order valence-electron chi connectivity index (χ1n) is 4.85. The van der Waals surface area contributed by atoms with Gasteiger partial charge in [-0.15, -0.1) is 23.1 Å². The van der Waals surface area contributed by atoms with Crippen LogP contribution in [-0.2, 0) is 0 Å². The fraction of sp³-hybridized carbons (Fsp3) is 0.167. The van der Waals surface area contributed by atoms with Gasteiger partial charge in [0.1, 0.15) is 0 Å². The van der Waals surface area contributed by atoms with Gasteiger partial charge in [-0.25, -0.2) is 0 Å². The summed E-state index contributed by atoms with van der Waals surface area (Å²) in [6.45, 7) is 0. The zero-order chi connectivity index (χ0) is 11.5. The first-order valence-corrected chi connectivity index (χ1v) is 7.27. The summed E-state index contributed by atoms with van der Waals surface area (Å²) >= 11 is 9.16. The van der Waals surface area contributed by atoms with Crippen LogP contribution in [0.2, 0.25) is 4.34 Å². The van der Waals surface area contributed by atoms with E-state index in [9.17, 15) is 0 Å². The maximum absolute atomic E-state index is 6.17. The summed E-state index contributed by atoms with van der Waals surface area (Å²) in [5.41, 5.74) is 7.29. The maximum atomic E-state index is 6.17. The van der Waals surface area contributed by atoms with Crippen molar-refractivity contribution in [2.24, 2.45) is 5.73 Å². The molecule has 0 bridgehead atoms. The second-order valence-corrected chi connectivity index (χ2v) is 6.02. The summed E-state index contributed by atoms with van der Waals surface area (Å²) in [6, 6.07) is 12.1. The largest absolute Gasteiger partial charge is 0.320 e. The number of thiophene rings is 1. The van der Waals surface area contributed by atoms with Crippen molar-refractivity contribution in [1.29, 1.82) is 0 Å². The van der Waals surface area contributed by atoms with E-state index in [0.29, 0.717) is 0 Å². The quantitative estimate of drug-likeness (QED) is 0.847. The van der Waals surface area contributed by atoms with Crippen LogP contribution in [0.1, 0.15) is 16.5 Å². The molecule has 2 N–H and O–H groups in total. The minimum Gasteiger partial charge on any atom is -0.320 e. The molecule has 2 rings (SSSR count). The van der Waals surface area contributed by atoms with Gasteiger partial charge in [0.15, 0.2) is 0 Å². The van der Waals surface area contributed by atoms with Crippen molar-refractivity contribution in [2.45, 2.75) is 10.9 Å². The van der Waals surface area contributed by atoms with Gasteiger partial charge in [-0.3, -0.25) is 0 Å². The molecule has 1 nitrogen and oxygen atoms in total. The van der Waals surface area contributed by atoms with Crippen molar-refractivity contribution in [3.8, 4) is 0 Å². The summed E-state index contributed by atoms with van der Waals surface area (Å²) < 4.78 is 0.784. The Morgan fingerprint density at radius 3 is 2.38 bits per heavy atom. The maximum Gasteiger partial charge on any atom is 0.0931 e. The lowest BCUT2D eigenvalue weighted by Crippen LogP contribution is -2.09. The number of benzene rings is 1. The van der Waals surface area contributed by atoms with Crippen molar-refractivity contribution >= 4 is 34.7 Å². The van der Waals surface area contributed by atoms with Crippen LogP contribution in [0.5, 0.6) is 0 Å². The molecule has 1 aromatic heterocycles. The molecule has 0 amide bonds. The van der Waals surface area contributed by atoms with Gasteiger partial charge < -0.3 is 5.73 Å². The molecule has 0 spiro atoms. The minimum absolute atomic E-state index is 0.0755. The van der Waals surface area contributed by atoms with Crippen LogP contribution in [0.3, 0.4) is 0 Å². The summed E-state index contributed by atoms with van der Waals surface area (Å²) in [7, 11) is 0. The molecule has 0 saturated heterocycles. The number of hydrogen-bond acceptors (Lipinski definition) is 3. The molecule has 1 atom stereocenters. The molecule has 0 aliphatic carbocycles. The monoisotopic (exact) mass is 269 g/mol. The molecular formula is C12H12ClNS2. The van der Waals surface area contributed by atoms with Gasteiger partial charge in [-0.1, -0.05) is 23.7 Å². The van der Waals surface area contributed by atoms with Crippen LogP contribution in [0.25, 0.3) is 0 Å². The van der Waals surface area contributed by atoms with E-state index in [1.165, 1.54) is 16.2 Å². The van der Waals surface area contributed by atoms with Crippen molar-refractivity contribution in [3.63, 3.8) is 0 Å². The molecule has 0 fully saturated rings. The van der Waals surface area contributed by atoms with E-state index in [2.05, 4.69) is 30.5 Å². The van der Waals surface area contributed by atoms with E-state index in [0.717, 1.165) is 14.8 Å². The third-order valence-corrected chi connectivity index (χ3v) is 4.43. The van der Waals surface area contributed by atoms with Gasteiger partial charge >= 0.3 is 0 Å². The van der Waals surface area contributed by atoms with Crippen molar-refractivity contribution < 1.29 is 0 Å². The van der Waals surface area contributed by atoms with E-state index in [-0.39, 0.29) is 6.04 Å². The zero-order valence-corrected chi connectivity index (χ0v) is 11.2. The zero-order valence-electron chi connectivity index (χ0n) is 8.81. The molecule has 4 heteroatoms. The van der Waals surface area contributed by atoms with E-state index in [1.807, 2.05) is 12.1 Å². The lowest BCUT2D eigenvalue weighted by Gasteiger charge is -2.10. The minimum atomic E-state index is -0.0755. The van der Waals surface area contributed by atoms with E-state index in [4.69, 9.17) is 17.3 Å². The Kier molecular flexibility index (Phi) is 3.92. The van der Waals surface area contributed by atoms with E-state index < -0.39 is 0 Å². The van der Waals surface area contributed by atoms with Gasteiger partial charge in [-0.2, -0.15) is 0 Å². The molecule has 0 aliphatic rings. The lowest BCUT2D eigenvalue weighted by atomic mass is 10.1. The van der Waals surface area contributed by atoms with Crippen molar-refractivity contribution in [2.75, 3.05) is 6.26 Å². The first kappa shape index (κ1) is 12.0. The molecule has 0 aliphatic heterocycles. The molecule has 1 unspecified atom stereocenters. The fourth-order valence-corrected chi connectivity index (χ4v) is 2.97. The van der Waals surface area contributed by atoms with E-state index in [1.54, 1.807) is 11.8 Å². The van der Waals surface area contributed by atoms with Crippen LogP contribution < -0.4 is 5.73 Å². The number of nitrogens with two attached hydrogens (primary N) is 1. The molecule has 2 aromatic rings. The third-order valence-electron chi connectivity index (χ3n) is 2.38. The van der Waals surface area contributed by atoms with Crippen LogP contribution in [0, 0.1) is 0 Å². The average Bonchev–Trinajstić information content (AvgIpc) is 2.75. The SMILES string of the molecule is CSc1ccc(C(N)c2ccc(Cl)s2)cc1. The standard InChI is InChI=1S/C12H12ClNS2/c1-15-9-4-2-8(3-5-9)12(14)10-6-7-11(13)16-10/h2-7,12H,14H2,1H3. The highest BCUT2D eigenvalue weighted by Gasteiger charge is 2.10. The third kappa shape index (κ3) is 2.61. The van der Waals surface area contributed by atoms with Gasteiger partial charge in [0.05, 0.1) is 10.4 Å². The smallest absolute Gasteiger partial charge is 0.0931 e. The summed E-state index contributed by atoms with van der Waals surface area (Å²) in [6.07, 6.45) is 2.06. The second kappa shape index (κ2) is 5.23. The predicted molar refractivity (Wildman–Crippen MR) is 73.6 cm³/mol. The molecule has 16 heavy (non-hydrogen) atoms. The Hall–Kier alpha value is -0.480.